The third kappa shape index (κ3) is 4.16. The molecule has 0 radical (unpaired) electrons. The van der Waals surface area contributed by atoms with Gasteiger partial charge in [0.2, 0.25) is 0 Å². The van der Waals surface area contributed by atoms with Crippen molar-refractivity contribution < 1.29 is 5.11 Å². The van der Waals surface area contributed by atoms with Gasteiger partial charge >= 0.3 is 0 Å². The number of phenolic OH excluding ortho intramolecular Hbond substituents is 1. The lowest BCUT2D eigenvalue weighted by molar-refractivity contribution is 0.475. The highest BCUT2D eigenvalue weighted by Crippen LogP contribution is 2.29. The van der Waals surface area contributed by atoms with Crippen LogP contribution in [0.1, 0.15) is 11.1 Å². The Morgan fingerprint density at radius 1 is 1.00 bits per heavy atom. The Hall–Kier alpha value is -2.90. The fourth-order valence-corrected chi connectivity index (χ4v) is 3.69. The minimum Gasteiger partial charge on any atom is -0.506 e. The van der Waals surface area contributed by atoms with Crippen molar-refractivity contribution in [3.8, 4) is 17.3 Å². The van der Waals surface area contributed by atoms with E-state index in [2.05, 4.69) is 20.2 Å². The number of halogens is 1. The number of hydrogen-bond acceptors (Lipinski definition) is 6. The zero-order chi connectivity index (χ0) is 19.3. The summed E-state index contributed by atoms with van der Waals surface area (Å²) in [5, 5.41) is 19.6. The number of aromatic hydroxyl groups is 1. The van der Waals surface area contributed by atoms with Gasteiger partial charge in [-0.1, -0.05) is 41.6 Å². The molecule has 4 aromatic rings. The summed E-state index contributed by atoms with van der Waals surface area (Å²) in [7, 11) is 0. The summed E-state index contributed by atoms with van der Waals surface area (Å²) in [5.41, 5.74) is 2.75. The molecule has 4 rings (SSSR count). The summed E-state index contributed by atoms with van der Waals surface area (Å²) in [5.74, 6) is 1.40. The van der Waals surface area contributed by atoms with E-state index >= 15 is 0 Å². The van der Waals surface area contributed by atoms with Crippen LogP contribution in [0.25, 0.3) is 11.5 Å². The zero-order valence-electron chi connectivity index (χ0n) is 14.7. The van der Waals surface area contributed by atoms with E-state index in [9.17, 15) is 5.11 Å². The van der Waals surface area contributed by atoms with Crippen molar-refractivity contribution in [2.24, 2.45) is 0 Å². The van der Waals surface area contributed by atoms with Gasteiger partial charge in [0, 0.05) is 24.3 Å². The standard InChI is InChI=1S/C20H16ClN5OS/c21-16-7-6-14(10-18(16)27)13-28-20-25-24-19(17-5-1-2-9-23-17)26(20)12-15-4-3-8-22-11-15/h1-11,27H,12-13H2. The van der Waals surface area contributed by atoms with Gasteiger partial charge in [-0.2, -0.15) is 0 Å². The fourth-order valence-electron chi connectivity index (χ4n) is 2.69. The monoisotopic (exact) mass is 409 g/mol. The smallest absolute Gasteiger partial charge is 0.192 e. The first-order chi connectivity index (χ1) is 13.7. The van der Waals surface area contributed by atoms with Crippen LogP contribution in [0.4, 0.5) is 0 Å². The lowest BCUT2D eigenvalue weighted by Gasteiger charge is -2.10. The highest BCUT2D eigenvalue weighted by Gasteiger charge is 2.16. The number of thioether (sulfide) groups is 1. The van der Waals surface area contributed by atoms with Crippen LogP contribution in [0.15, 0.2) is 72.3 Å². The Kier molecular flexibility index (Phi) is 5.55. The molecule has 3 heterocycles. The highest BCUT2D eigenvalue weighted by atomic mass is 35.5. The third-order valence-electron chi connectivity index (χ3n) is 4.05. The van der Waals surface area contributed by atoms with Crippen LogP contribution in [-0.4, -0.2) is 29.8 Å². The predicted molar refractivity (Wildman–Crippen MR) is 109 cm³/mol. The first-order valence-electron chi connectivity index (χ1n) is 8.54. The van der Waals surface area contributed by atoms with E-state index in [1.54, 1.807) is 24.5 Å². The van der Waals surface area contributed by atoms with E-state index in [4.69, 9.17) is 11.6 Å². The summed E-state index contributed by atoms with van der Waals surface area (Å²) < 4.78 is 2.03. The van der Waals surface area contributed by atoms with E-state index in [1.165, 1.54) is 11.8 Å². The maximum absolute atomic E-state index is 9.81. The molecule has 0 aliphatic carbocycles. The molecule has 8 heteroatoms. The van der Waals surface area contributed by atoms with Gasteiger partial charge in [-0.25, -0.2) is 0 Å². The van der Waals surface area contributed by atoms with Crippen molar-refractivity contribution in [2.45, 2.75) is 17.5 Å². The van der Waals surface area contributed by atoms with Gasteiger partial charge in [0.05, 0.1) is 11.6 Å². The molecule has 0 saturated heterocycles. The summed E-state index contributed by atoms with van der Waals surface area (Å²) >= 11 is 7.42. The molecular weight excluding hydrogens is 394 g/mol. The molecule has 3 aromatic heterocycles. The van der Waals surface area contributed by atoms with Crippen molar-refractivity contribution in [3.05, 3.63) is 83.3 Å². The molecule has 28 heavy (non-hydrogen) atoms. The van der Waals surface area contributed by atoms with Gasteiger partial charge in [0.25, 0.3) is 0 Å². The van der Waals surface area contributed by atoms with Gasteiger partial charge in [-0.15, -0.1) is 10.2 Å². The van der Waals surface area contributed by atoms with Crippen LogP contribution in [0.2, 0.25) is 5.02 Å². The molecule has 0 spiro atoms. The number of nitrogens with zero attached hydrogens (tertiary/aromatic N) is 5. The maximum Gasteiger partial charge on any atom is 0.192 e. The number of phenols is 1. The first kappa shape index (κ1) is 18.5. The fraction of sp³-hybridized carbons (Fsp3) is 0.100. The number of rotatable bonds is 6. The number of hydrogen-bond donors (Lipinski definition) is 1. The summed E-state index contributed by atoms with van der Waals surface area (Å²) in [6, 6.07) is 14.9. The normalized spacial score (nSPS) is 10.9. The molecule has 0 fully saturated rings. The van der Waals surface area contributed by atoms with E-state index in [1.807, 2.05) is 47.2 Å². The zero-order valence-corrected chi connectivity index (χ0v) is 16.3. The van der Waals surface area contributed by atoms with Gasteiger partial charge < -0.3 is 5.11 Å². The Labute approximate surface area is 171 Å². The Morgan fingerprint density at radius 3 is 2.68 bits per heavy atom. The second-order valence-corrected chi connectivity index (χ2v) is 7.39. The van der Waals surface area contributed by atoms with Crippen LogP contribution in [0, 0.1) is 0 Å². The molecule has 0 unspecified atom stereocenters. The number of benzene rings is 1. The van der Waals surface area contributed by atoms with Gasteiger partial charge in [0.1, 0.15) is 11.4 Å². The molecule has 0 atom stereocenters. The molecular formula is C20H16ClN5OS. The van der Waals surface area contributed by atoms with Gasteiger partial charge in [0.15, 0.2) is 11.0 Å². The van der Waals surface area contributed by atoms with Crippen LogP contribution in [0.3, 0.4) is 0 Å². The highest BCUT2D eigenvalue weighted by molar-refractivity contribution is 7.98. The van der Waals surface area contributed by atoms with Gasteiger partial charge in [-0.3, -0.25) is 14.5 Å². The largest absolute Gasteiger partial charge is 0.506 e. The van der Waals surface area contributed by atoms with Crippen molar-refractivity contribution in [2.75, 3.05) is 0 Å². The Bertz CT molecular complexity index is 1070. The van der Waals surface area contributed by atoms with E-state index in [0.29, 0.717) is 23.1 Å². The molecule has 1 aromatic carbocycles. The van der Waals surface area contributed by atoms with E-state index < -0.39 is 0 Å². The van der Waals surface area contributed by atoms with Gasteiger partial charge in [-0.05, 0) is 41.5 Å². The number of pyridine rings is 2. The Morgan fingerprint density at radius 2 is 1.93 bits per heavy atom. The number of aromatic nitrogens is 5. The molecule has 140 valence electrons. The molecule has 0 bridgehead atoms. The van der Waals surface area contributed by atoms with Crippen molar-refractivity contribution in [3.63, 3.8) is 0 Å². The summed E-state index contributed by atoms with van der Waals surface area (Å²) in [6.07, 6.45) is 5.31. The van der Waals surface area contributed by atoms with Crippen molar-refractivity contribution in [1.29, 1.82) is 0 Å². The molecule has 0 saturated carbocycles. The summed E-state index contributed by atoms with van der Waals surface area (Å²) in [6.45, 7) is 0.584. The molecule has 6 nitrogen and oxygen atoms in total. The SMILES string of the molecule is Oc1cc(CSc2nnc(-c3ccccn3)n2Cc2cccnc2)ccc1Cl. The minimum absolute atomic E-state index is 0.0748. The molecule has 1 N–H and O–H groups in total. The van der Waals surface area contributed by atoms with Crippen LogP contribution < -0.4 is 0 Å². The topological polar surface area (TPSA) is 76.7 Å². The minimum atomic E-state index is 0.0748. The molecule has 0 aliphatic rings. The van der Waals surface area contributed by atoms with E-state index in [0.717, 1.165) is 22.0 Å². The molecule has 0 amide bonds. The lowest BCUT2D eigenvalue weighted by atomic mass is 10.2. The average molecular weight is 410 g/mol. The van der Waals surface area contributed by atoms with Crippen molar-refractivity contribution in [1.82, 2.24) is 24.7 Å². The third-order valence-corrected chi connectivity index (χ3v) is 5.41. The van der Waals surface area contributed by atoms with Crippen LogP contribution >= 0.6 is 23.4 Å². The molecule has 0 aliphatic heterocycles. The van der Waals surface area contributed by atoms with Crippen LogP contribution in [-0.2, 0) is 12.3 Å². The second-order valence-electron chi connectivity index (χ2n) is 6.04. The predicted octanol–water partition coefficient (Wildman–Crippen LogP) is 4.43. The van der Waals surface area contributed by atoms with Crippen molar-refractivity contribution >= 4 is 23.4 Å². The second kappa shape index (κ2) is 8.41. The first-order valence-corrected chi connectivity index (χ1v) is 9.91. The Balaban J connectivity index is 1.64. The van der Waals surface area contributed by atoms with E-state index in [-0.39, 0.29) is 5.75 Å². The quantitative estimate of drug-likeness (QED) is 0.474. The lowest BCUT2D eigenvalue weighted by Crippen LogP contribution is -2.05. The maximum atomic E-state index is 9.81. The average Bonchev–Trinajstić information content (AvgIpc) is 3.13. The van der Waals surface area contributed by atoms with Crippen LogP contribution in [0.5, 0.6) is 5.75 Å². The summed E-state index contributed by atoms with van der Waals surface area (Å²) in [4.78, 5) is 8.60.